The fraction of sp³-hybridized carbons (Fsp3) is 0.143. The molecule has 1 heterocycles. The molecule has 1 N–H and O–H groups in total. The Balaban J connectivity index is 2.04. The third-order valence-electron chi connectivity index (χ3n) is 2.48. The molecule has 0 aliphatic rings. The number of carboxylic acids is 1. The summed E-state index contributed by atoms with van der Waals surface area (Å²) < 4.78 is 5.10. The number of carbonyl (C=O) groups is 1. The number of thiazole rings is 1. The molecule has 0 unspecified atom stereocenters. The lowest BCUT2D eigenvalue weighted by atomic mass is 10.1. The number of hydrogen-bond donors (Lipinski definition) is 1. The minimum Gasteiger partial charge on any atom is -0.497 e. The van der Waals surface area contributed by atoms with Crippen LogP contribution in [0, 0.1) is 0 Å². The summed E-state index contributed by atoms with van der Waals surface area (Å²) in [6.45, 7) is 0. The Hall–Kier alpha value is -2.14. The van der Waals surface area contributed by atoms with Crippen molar-refractivity contribution < 1.29 is 14.6 Å². The van der Waals surface area contributed by atoms with Crippen molar-refractivity contribution in [2.24, 2.45) is 0 Å². The predicted molar refractivity (Wildman–Crippen MR) is 74.6 cm³/mol. The molecular formula is C14H13NO3S. The Kier molecular flexibility index (Phi) is 4.30. The second-order valence-electron chi connectivity index (χ2n) is 3.85. The molecule has 0 spiro atoms. The first-order chi connectivity index (χ1) is 9.17. The van der Waals surface area contributed by atoms with Gasteiger partial charge in [0.2, 0.25) is 0 Å². The minimum absolute atomic E-state index is 0.732. The van der Waals surface area contributed by atoms with Crippen LogP contribution in [-0.2, 0) is 11.2 Å². The molecule has 2 rings (SSSR count). The molecule has 4 nitrogen and oxygen atoms in total. The largest absolute Gasteiger partial charge is 0.497 e. The van der Waals surface area contributed by atoms with Crippen LogP contribution in [0.3, 0.4) is 0 Å². The maximum Gasteiger partial charge on any atom is 0.328 e. The van der Waals surface area contributed by atoms with Crippen LogP contribution in [0.25, 0.3) is 6.08 Å². The van der Waals surface area contributed by atoms with E-state index in [1.54, 1.807) is 19.4 Å². The van der Waals surface area contributed by atoms with Crippen LogP contribution < -0.4 is 4.74 Å². The van der Waals surface area contributed by atoms with Gasteiger partial charge in [-0.25, -0.2) is 9.78 Å². The van der Waals surface area contributed by atoms with Crippen molar-refractivity contribution in [3.63, 3.8) is 0 Å². The zero-order valence-corrected chi connectivity index (χ0v) is 11.2. The van der Waals surface area contributed by atoms with E-state index in [1.165, 1.54) is 11.3 Å². The van der Waals surface area contributed by atoms with E-state index in [0.717, 1.165) is 33.7 Å². The van der Waals surface area contributed by atoms with Crippen molar-refractivity contribution in [2.75, 3.05) is 7.11 Å². The Morgan fingerprint density at radius 2 is 2.16 bits per heavy atom. The number of nitrogens with zero attached hydrogens (tertiary/aromatic N) is 1. The standard InChI is InChI=1S/C14H13NO3S/c1-18-11-4-2-10(3-5-11)8-13-15-9-12(19-13)6-7-14(16)17/h2-7,9H,8H2,1H3,(H,16,17)/b7-6+. The topological polar surface area (TPSA) is 59.4 Å². The Morgan fingerprint density at radius 1 is 1.42 bits per heavy atom. The summed E-state index contributed by atoms with van der Waals surface area (Å²) in [5, 5.41) is 9.51. The highest BCUT2D eigenvalue weighted by Gasteiger charge is 2.02. The van der Waals surface area contributed by atoms with Gasteiger partial charge in [0.1, 0.15) is 5.75 Å². The molecule has 2 aromatic rings. The van der Waals surface area contributed by atoms with E-state index in [0.29, 0.717) is 0 Å². The molecule has 0 aliphatic carbocycles. The van der Waals surface area contributed by atoms with E-state index >= 15 is 0 Å². The van der Waals surface area contributed by atoms with Crippen LogP contribution in [0.2, 0.25) is 0 Å². The minimum atomic E-state index is -0.954. The monoisotopic (exact) mass is 275 g/mol. The number of rotatable bonds is 5. The van der Waals surface area contributed by atoms with Gasteiger partial charge in [-0.05, 0) is 23.8 Å². The summed E-state index contributed by atoms with van der Waals surface area (Å²) in [6.07, 6.45) is 5.08. The highest BCUT2D eigenvalue weighted by molar-refractivity contribution is 7.12. The Bertz CT molecular complexity index is 587. The second kappa shape index (κ2) is 6.15. The average molecular weight is 275 g/mol. The first-order valence-corrected chi connectivity index (χ1v) is 6.47. The average Bonchev–Trinajstić information content (AvgIpc) is 2.85. The lowest BCUT2D eigenvalue weighted by Gasteiger charge is -2.01. The van der Waals surface area contributed by atoms with Crippen LogP contribution >= 0.6 is 11.3 Å². The van der Waals surface area contributed by atoms with Gasteiger partial charge in [0.25, 0.3) is 0 Å². The van der Waals surface area contributed by atoms with Gasteiger partial charge >= 0.3 is 5.97 Å². The van der Waals surface area contributed by atoms with Crippen molar-refractivity contribution >= 4 is 23.4 Å². The number of carboxylic acid groups (broad SMARTS) is 1. The number of ether oxygens (including phenoxy) is 1. The van der Waals surface area contributed by atoms with Crippen molar-refractivity contribution in [1.29, 1.82) is 0 Å². The van der Waals surface area contributed by atoms with Gasteiger partial charge in [0.15, 0.2) is 0 Å². The van der Waals surface area contributed by atoms with Gasteiger partial charge in [0.05, 0.1) is 12.1 Å². The van der Waals surface area contributed by atoms with Gasteiger partial charge in [-0.3, -0.25) is 0 Å². The van der Waals surface area contributed by atoms with E-state index in [4.69, 9.17) is 9.84 Å². The van der Waals surface area contributed by atoms with Crippen LogP contribution in [0.1, 0.15) is 15.4 Å². The molecule has 0 atom stereocenters. The lowest BCUT2D eigenvalue weighted by molar-refractivity contribution is -0.131. The first-order valence-electron chi connectivity index (χ1n) is 5.66. The molecule has 98 valence electrons. The summed E-state index contributed by atoms with van der Waals surface area (Å²) in [6, 6.07) is 7.81. The van der Waals surface area contributed by atoms with Gasteiger partial charge < -0.3 is 9.84 Å². The molecule has 19 heavy (non-hydrogen) atoms. The molecule has 0 amide bonds. The third-order valence-corrected chi connectivity index (χ3v) is 3.44. The second-order valence-corrected chi connectivity index (χ2v) is 5.00. The highest BCUT2D eigenvalue weighted by atomic mass is 32.1. The fourth-order valence-electron chi connectivity index (χ4n) is 1.55. The summed E-state index contributed by atoms with van der Waals surface area (Å²) in [5.74, 6) is -0.127. The van der Waals surface area contributed by atoms with Crippen molar-refractivity contribution in [3.05, 3.63) is 52.0 Å². The van der Waals surface area contributed by atoms with E-state index < -0.39 is 5.97 Å². The quantitative estimate of drug-likeness (QED) is 0.852. The molecule has 0 aliphatic heterocycles. The van der Waals surface area contributed by atoms with E-state index in [1.807, 2.05) is 24.3 Å². The molecule has 0 radical (unpaired) electrons. The van der Waals surface area contributed by atoms with Crippen molar-refractivity contribution in [2.45, 2.75) is 6.42 Å². The lowest BCUT2D eigenvalue weighted by Crippen LogP contribution is -1.87. The fourth-order valence-corrected chi connectivity index (χ4v) is 2.41. The number of benzene rings is 1. The number of methoxy groups -OCH3 is 1. The molecule has 1 aromatic heterocycles. The van der Waals surface area contributed by atoms with Crippen LogP contribution in [-0.4, -0.2) is 23.2 Å². The number of aromatic nitrogens is 1. The maximum atomic E-state index is 10.4. The molecule has 1 aromatic carbocycles. The molecule has 0 fully saturated rings. The van der Waals surface area contributed by atoms with Gasteiger partial charge in [-0.2, -0.15) is 0 Å². The predicted octanol–water partition coefficient (Wildman–Crippen LogP) is 2.84. The Morgan fingerprint density at radius 3 is 2.79 bits per heavy atom. The van der Waals surface area contributed by atoms with Crippen LogP contribution in [0.5, 0.6) is 5.75 Å². The maximum absolute atomic E-state index is 10.4. The smallest absolute Gasteiger partial charge is 0.328 e. The van der Waals surface area contributed by atoms with E-state index in [-0.39, 0.29) is 0 Å². The first kappa shape index (κ1) is 13.3. The van der Waals surface area contributed by atoms with Gasteiger partial charge in [-0.15, -0.1) is 11.3 Å². The van der Waals surface area contributed by atoms with Crippen LogP contribution in [0.15, 0.2) is 36.5 Å². The molecular weight excluding hydrogens is 262 g/mol. The zero-order valence-electron chi connectivity index (χ0n) is 10.4. The highest BCUT2D eigenvalue weighted by Crippen LogP contribution is 2.19. The molecule has 5 heteroatoms. The molecule has 0 bridgehead atoms. The van der Waals surface area contributed by atoms with Crippen molar-refractivity contribution in [1.82, 2.24) is 4.98 Å². The van der Waals surface area contributed by atoms with E-state index in [2.05, 4.69) is 4.98 Å². The van der Waals surface area contributed by atoms with E-state index in [9.17, 15) is 4.79 Å². The summed E-state index contributed by atoms with van der Waals surface area (Å²) in [5.41, 5.74) is 1.14. The molecule has 0 saturated carbocycles. The van der Waals surface area contributed by atoms with Gasteiger partial charge in [-0.1, -0.05) is 12.1 Å². The van der Waals surface area contributed by atoms with Crippen LogP contribution in [0.4, 0.5) is 0 Å². The third kappa shape index (κ3) is 3.93. The van der Waals surface area contributed by atoms with Gasteiger partial charge in [0, 0.05) is 23.6 Å². The summed E-state index contributed by atoms with van der Waals surface area (Å²) in [7, 11) is 1.64. The SMILES string of the molecule is COc1ccc(Cc2ncc(/C=C/C(=O)O)s2)cc1. The number of aliphatic carboxylic acids is 1. The summed E-state index contributed by atoms with van der Waals surface area (Å²) >= 11 is 1.49. The summed E-state index contributed by atoms with van der Waals surface area (Å²) in [4.78, 5) is 15.5. The zero-order chi connectivity index (χ0) is 13.7. The normalized spacial score (nSPS) is 10.8. The number of hydrogen-bond acceptors (Lipinski definition) is 4. The Labute approximate surface area is 115 Å². The van der Waals surface area contributed by atoms with Crippen molar-refractivity contribution in [3.8, 4) is 5.75 Å². The molecule has 0 saturated heterocycles.